The van der Waals surface area contributed by atoms with Gasteiger partial charge in [0, 0.05) is 29.5 Å². The lowest BCUT2D eigenvalue weighted by Gasteiger charge is -2.03. The molecule has 0 aliphatic carbocycles. The second-order valence-electron chi connectivity index (χ2n) is 6.56. The van der Waals surface area contributed by atoms with Gasteiger partial charge in [-0.3, -0.25) is 14.9 Å². The zero-order valence-electron chi connectivity index (χ0n) is 16.2. The van der Waals surface area contributed by atoms with Gasteiger partial charge in [-0.15, -0.1) is 10.2 Å². The number of nitrogens with one attached hydrogen (secondary N) is 1. The van der Waals surface area contributed by atoms with Gasteiger partial charge in [0.1, 0.15) is 0 Å². The van der Waals surface area contributed by atoms with Crippen molar-refractivity contribution in [3.63, 3.8) is 0 Å². The van der Waals surface area contributed by atoms with Crippen molar-refractivity contribution in [3.8, 4) is 16.9 Å². The SMILES string of the molecule is O=C(Cc1cn(-c2ccccc2)nc1-c1ccc([N+](=O)[O-])cc1)Nc1nnc(C(F)F)s1. The predicted molar refractivity (Wildman–Crippen MR) is 113 cm³/mol. The fourth-order valence-electron chi connectivity index (χ4n) is 2.95. The van der Waals surface area contributed by atoms with Crippen LogP contribution >= 0.6 is 11.3 Å². The number of anilines is 1. The first-order valence-electron chi connectivity index (χ1n) is 9.21. The van der Waals surface area contributed by atoms with E-state index in [0.29, 0.717) is 28.2 Å². The Balaban J connectivity index is 1.63. The molecule has 0 saturated carbocycles. The lowest BCUT2D eigenvalue weighted by molar-refractivity contribution is -0.384. The van der Waals surface area contributed by atoms with Gasteiger partial charge in [0.15, 0.2) is 5.01 Å². The molecule has 1 amide bonds. The van der Waals surface area contributed by atoms with E-state index in [4.69, 9.17) is 0 Å². The van der Waals surface area contributed by atoms with Crippen molar-refractivity contribution in [1.29, 1.82) is 0 Å². The minimum atomic E-state index is -2.77. The number of para-hydroxylation sites is 1. The summed E-state index contributed by atoms with van der Waals surface area (Å²) in [6, 6.07) is 15.0. The van der Waals surface area contributed by atoms with Crippen molar-refractivity contribution in [2.75, 3.05) is 5.32 Å². The third-order valence-electron chi connectivity index (χ3n) is 4.39. The molecule has 0 radical (unpaired) electrons. The molecule has 12 heteroatoms. The molecule has 0 spiro atoms. The van der Waals surface area contributed by atoms with Crippen LogP contribution < -0.4 is 5.32 Å². The van der Waals surface area contributed by atoms with Crippen LogP contribution in [-0.4, -0.2) is 30.8 Å². The first kappa shape index (κ1) is 21.2. The number of rotatable bonds is 7. The largest absolute Gasteiger partial charge is 0.300 e. The lowest BCUT2D eigenvalue weighted by Crippen LogP contribution is -2.14. The lowest BCUT2D eigenvalue weighted by atomic mass is 10.1. The Morgan fingerprint density at radius 2 is 1.84 bits per heavy atom. The Morgan fingerprint density at radius 3 is 2.47 bits per heavy atom. The highest BCUT2D eigenvalue weighted by Crippen LogP contribution is 2.28. The van der Waals surface area contributed by atoms with Crippen LogP contribution in [-0.2, 0) is 11.2 Å². The smallest absolute Gasteiger partial charge is 0.291 e. The van der Waals surface area contributed by atoms with Crippen molar-refractivity contribution in [3.05, 3.63) is 81.5 Å². The Bertz CT molecular complexity index is 1260. The highest BCUT2D eigenvalue weighted by atomic mass is 32.1. The molecule has 4 aromatic rings. The molecule has 0 aliphatic heterocycles. The summed E-state index contributed by atoms with van der Waals surface area (Å²) in [6.45, 7) is 0. The van der Waals surface area contributed by atoms with Gasteiger partial charge in [-0.2, -0.15) is 5.10 Å². The number of carbonyl (C=O) groups excluding carboxylic acids is 1. The number of halogens is 2. The highest BCUT2D eigenvalue weighted by Gasteiger charge is 2.19. The monoisotopic (exact) mass is 456 g/mol. The molecule has 0 saturated heterocycles. The molecule has 4 rings (SSSR count). The van der Waals surface area contributed by atoms with Crippen molar-refractivity contribution >= 4 is 28.1 Å². The Labute approximate surface area is 183 Å². The maximum absolute atomic E-state index is 12.7. The van der Waals surface area contributed by atoms with E-state index in [2.05, 4.69) is 20.6 Å². The average Bonchev–Trinajstić information content (AvgIpc) is 3.42. The van der Waals surface area contributed by atoms with E-state index in [0.717, 1.165) is 5.69 Å². The molecule has 9 nitrogen and oxygen atoms in total. The van der Waals surface area contributed by atoms with Crippen molar-refractivity contribution < 1.29 is 18.5 Å². The number of nitro groups is 1. The molecule has 0 aliphatic rings. The van der Waals surface area contributed by atoms with Gasteiger partial charge < -0.3 is 5.32 Å². The number of alkyl halides is 2. The fraction of sp³-hybridized carbons (Fsp3) is 0.100. The number of non-ortho nitro benzene ring substituents is 1. The van der Waals surface area contributed by atoms with Crippen LogP contribution in [0.15, 0.2) is 60.8 Å². The summed E-state index contributed by atoms with van der Waals surface area (Å²) in [4.78, 5) is 23.0. The van der Waals surface area contributed by atoms with E-state index in [9.17, 15) is 23.7 Å². The maximum Gasteiger partial charge on any atom is 0.291 e. The molecule has 2 heterocycles. The molecular weight excluding hydrogens is 442 g/mol. The number of carbonyl (C=O) groups is 1. The summed E-state index contributed by atoms with van der Waals surface area (Å²) >= 11 is 0.598. The number of hydrogen-bond donors (Lipinski definition) is 1. The van der Waals surface area contributed by atoms with Gasteiger partial charge >= 0.3 is 0 Å². The highest BCUT2D eigenvalue weighted by molar-refractivity contribution is 7.15. The molecule has 1 N–H and O–H groups in total. The molecule has 162 valence electrons. The van der Waals surface area contributed by atoms with Crippen molar-refractivity contribution in [2.45, 2.75) is 12.8 Å². The van der Waals surface area contributed by atoms with E-state index in [-0.39, 0.29) is 17.2 Å². The van der Waals surface area contributed by atoms with Crippen molar-refractivity contribution in [2.24, 2.45) is 0 Å². The van der Waals surface area contributed by atoms with Crippen LogP contribution in [0.4, 0.5) is 19.6 Å². The average molecular weight is 456 g/mol. The zero-order chi connectivity index (χ0) is 22.7. The number of nitro benzene ring substituents is 1. The van der Waals surface area contributed by atoms with E-state index < -0.39 is 22.3 Å². The molecule has 0 unspecified atom stereocenters. The number of benzene rings is 2. The van der Waals surface area contributed by atoms with Gasteiger partial charge in [0.2, 0.25) is 11.0 Å². The topological polar surface area (TPSA) is 116 Å². The number of amides is 1. The van der Waals surface area contributed by atoms with Gasteiger partial charge in [0.05, 0.1) is 22.7 Å². The van der Waals surface area contributed by atoms with E-state index in [1.165, 1.54) is 12.1 Å². The van der Waals surface area contributed by atoms with Crippen LogP contribution in [0.5, 0.6) is 0 Å². The van der Waals surface area contributed by atoms with Gasteiger partial charge in [-0.1, -0.05) is 29.5 Å². The van der Waals surface area contributed by atoms with Crippen LogP contribution in [0.25, 0.3) is 16.9 Å². The van der Waals surface area contributed by atoms with Gasteiger partial charge in [-0.05, 0) is 24.3 Å². The standard InChI is InChI=1S/C20H14F2N6O3S/c21-18(22)19-24-25-20(32-19)23-16(29)10-13-11-27(14-4-2-1-3-5-14)26-17(13)12-6-8-15(9-7-12)28(30)31/h1-9,11,18H,10H2,(H,23,25,29). The number of hydrogen-bond acceptors (Lipinski definition) is 7. The maximum atomic E-state index is 12.7. The van der Waals surface area contributed by atoms with Crippen LogP contribution in [0.3, 0.4) is 0 Å². The normalized spacial score (nSPS) is 11.0. The first-order valence-corrected chi connectivity index (χ1v) is 10.0. The Hall–Kier alpha value is -4.06. The summed E-state index contributed by atoms with van der Waals surface area (Å²) < 4.78 is 27.0. The van der Waals surface area contributed by atoms with Gasteiger partial charge in [0.25, 0.3) is 12.1 Å². The Kier molecular flexibility index (Phi) is 5.94. The van der Waals surface area contributed by atoms with Crippen LogP contribution in [0.2, 0.25) is 0 Å². The fourth-order valence-corrected chi connectivity index (χ4v) is 3.56. The summed E-state index contributed by atoms with van der Waals surface area (Å²) in [5.41, 5.74) is 2.28. The van der Waals surface area contributed by atoms with Crippen LogP contribution in [0.1, 0.15) is 17.0 Å². The molecule has 2 aromatic heterocycles. The summed E-state index contributed by atoms with van der Waals surface area (Å²) in [7, 11) is 0. The van der Waals surface area contributed by atoms with Crippen molar-refractivity contribution in [1.82, 2.24) is 20.0 Å². The molecular formula is C20H14F2N6O3S. The molecule has 0 atom stereocenters. The van der Waals surface area contributed by atoms with E-state index in [1.807, 2.05) is 30.3 Å². The van der Waals surface area contributed by atoms with E-state index in [1.54, 1.807) is 23.0 Å². The summed E-state index contributed by atoms with van der Waals surface area (Å²) in [6.07, 6.45) is -1.21. The minimum absolute atomic E-state index is 0.0300. The van der Waals surface area contributed by atoms with Crippen LogP contribution in [0, 0.1) is 10.1 Å². The number of nitrogens with zero attached hydrogens (tertiary/aromatic N) is 5. The second kappa shape index (κ2) is 8.98. The predicted octanol–water partition coefficient (Wildman–Crippen LogP) is 4.42. The third-order valence-corrected chi connectivity index (χ3v) is 5.23. The minimum Gasteiger partial charge on any atom is -0.300 e. The van der Waals surface area contributed by atoms with Gasteiger partial charge in [-0.25, -0.2) is 13.5 Å². The zero-order valence-corrected chi connectivity index (χ0v) is 17.0. The summed E-state index contributed by atoms with van der Waals surface area (Å²) in [5, 5.41) is 24.3. The van der Waals surface area contributed by atoms with E-state index >= 15 is 0 Å². The number of aromatic nitrogens is 4. The Morgan fingerprint density at radius 1 is 1.12 bits per heavy atom. The molecule has 0 bridgehead atoms. The quantitative estimate of drug-likeness (QED) is 0.325. The second-order valence-corrected chi connectivity index (χ2v) is 7.57. The molecule has 2 aromatic carbocycles. The first-order chi connectivity index (χ1) is 15.4. The molecule has 0 fully saturated rings. The summed E-state index contributed by atoms with van der Waals surface area (Å²) in [5.74, 6) is -0.488. The molecule has 32 heavy (non-hydrogen) atoms. The third kappa shape index (κ3) is 4.64.